The summed E-state index contributed by atoms with van der Waals surface area (Å²) in [6, 6.07) is 17.7. The Balaban J connectivity index is 1.27. The number of nitrogen functional groups attached to an aromatic ring is 1. The van der Waals surface area contributed by atoms with E-state index in [4.69, 9.17) is 10.5 Å². The van der Waals surface area contributed by atoms with E-state index in [1.807, 2.05) is 30.3 Å². The van der Waals surface area contributed by atoms with E-state index in [-0.39, 0.29) is 29.0 Å². The third kappa shape index (κ3) is 5.55. The highest BCUT2D eigenvalue weighted by Gasteiger charge is 2.35. The number of nitrogens with zero attached hydrogens (tertiary/aromatic N) is 6. The summed E-state index contributed by atoms with van der Waals surface area (Å²) < 4.78 is 37.1. The van der Waals surface area contributed by atoms with Gasteiger partial charge >= 0.3 is 0 Å². The molecule has 3 aromatic carbocycles. The minimum absolute atomic E-state index is 0.0752. The highest BCUT2D eigenvalue weighted by atomic mass is 32.1. The maximum absolute atomic E-state index is 14.9. The smallest absolute Gasteiger partial charge is 0.298 e. The van der Waals surface area contributed by atoms with Gasteiger partial charge in [0.1, 0.15) is 47.1 Å². The Labute approximate surface area is 269 Å². The average molecular weight is 657 g/mol. The van der Waals surface area contributed by atoms with Gasteiger partial charge in [-0.15, -0.1) is 11.3 Å². The lowest BCUT2D eigenvalue weighted by molar-refractivity contribution is 0.0121. The third-order valence-corrected chi connectivity index (χ3v) is 8.72. The van der Waals surface area contributed by atoms with Gasteiger partial charge < -0.3 is 25.8 Å². The van der Waals surface area contributed by atoms with E-state index in [1.54, 1.807) is 18.2 Å². The number of hydrogen-bond acceptors (Lipinski definition) is 10. The second-order valence-corrected chi connectivity index (χ2v) is 11.7. The van der Waals surface area contributed by atoms with Crippen molar-refractivity contribution in [2.75, 3.05) is 30.3 Å². The van der Waals surface area contributed by atoms with E-state index in [0.717, 1.165) is 34.8 Å². The van der Waals surface area contributed by atoms with Gasteiger partial charge in [-0.1, -0.05) is 24.3 Å². The Morgan fingerprint density at radius 3 is 2.70 bits per heavy atom. The summed E-state index contributed by atoms with van der Waals surface area (Å²) in [4.78, 5) is 37.9. The molecule has 0 saturated carbocycles. The van der Waals surface area contributed by atoms with Crippen LogP contribution in [0.4, 0.5) is 26.0 Å². The van der Waals surface area contributed by atoms with E-state index < -0.39 is 35.2 Å². The van der Waals surface area contributed by atoms with Crippen LogP contribution in [0.3, 0.4) is 0 Å². The SMILES string of the molecule is Nc1nc2scc(C(=O)NCC(O)(Cn3cncn3)c3ccc(F)cc3F)c2n(-c2ccc3c(c2)N(c2ccccc2)CCO3)c1=O. The van der Waals surface area contributed by atoms with Crippen molar-refractivity contribution < 1.29 is 23.4 Å². The fourth-order valence-electron chi connectivity index (χ4n) is 5.65. The Morgan fingerprint density at radius 1 is 1.11 bits per heavy atom. The first-order chi connectivity index (χ1) is 22.7. The predicted octanol–water partition coefficient (Wildman–Crippen LogP) is 3.75. The molecule has 1 aliphatic rings. The molecule has 47 heavy (non-hydrogen) atoms. The fourth-order valence-corrected chi connectivity index (χ4v) is 6.56. The second kappa shape index (κ2) is 11.9. The number of aromatic nitrogens is 5. The summed E-state index contributed by atoms with van der Waals surface area (Å²) in [5, 5.41) is 19.8. The molecule has 6 aromatic rings. The van der Waals surface area contributed by atoms with Gasteiger partial charge in [-0.05, 0) is 36.4 Å². The highest BCUT2D eigenvalue weighted by Crippen LogP contribution is 2.39. The van der Waals surface area contributed by atoms with Crippen LogP contribution in [0, 0.1) is 11.6 Å². The molecule has 15 heteroatoms. The number of hydrogen-bond donors (Lipinski definition) is 3. The van der Waals surface area contributed by atoms with Crippen molar-refractivity contribution in [1.29, 1.82) is 0 Å². The zero-order valence-corrected chi connectivity index (χ0v) is 25.3. The maximum atomic E-state index is 14.9. The van der Waals surface area contributed by atoms with Crippen LogP contribution in [0.25, 0.3) is 16.0 Å². The molecule has 12 nitrogen and oxygen atoms in total. The molecule has 1 aliphatic heterocycles. The molecular weight excluding hydrogens is 630 g/mol. The van der Waals surface area contributed by atoms with Crippen LogP contribution in [-0.2, 0) is 12.1 Å². The van der Waals surface area contributed by atoms with Gasteiger partial charge in [0.25, 0.3) is 11.5 Å². The van der Waals surface area contributed by atoms with Gasteiger partial charge in [0.2, 0.25) is 0 Å². The lowest BCUT2D eigenvalue weighted by atomic mass is 9.92. The molecule has 1 atom stereocenters. The molecule has 1 amide bonds. The normalized spacial score (nSPS) is 14.0. The molecule has 0 aliphatic carbocycles. The summed E-state index contributed by atoms with van der Waals surface area (Å²) in [6.45, 7) is 0.230. The molecule has 3 aromatic heterocycles. The number of fused-ring (bicyclic) bond motifs is 2. The number of para-hydroxylation sites is 1. The van der Waals surface area contributed by atoms with E-state index in [2.05, 4.69) is 25.3 Å². The molecule has 0 bridgehead atoms. The van der Waals surface area contributed by atoms with Gasteiger partial charge in [0.05, 0.1) is 42.1 Å². The van der Waals surface area contributed by atoms with Gasteiger partial charge in [0.15, 0.2) is 5.82 Å². The van der Waals surface area contributed by atoms with E-state index in [9.17, 15) is 23.5 Å². The van der Waals surface area contributed by atoms with Crippen molar-refractivity contribution in [3.05, 3.63) is 118 Å². The van der Waals surface area contributed by atoms with Crippen LogP contribution in [0.5, 0.6) is 5.75 Å². The topological polar surface area (TPSA) is 153 Å². The van der Waals surface area contributed by atoms with Crippen molar-refractivity contribution in [2.24, 2.45) is 0 Å². The zero-order chi connectivity index (χ0) is 32.7. The van der Waals surface area contributed by atoms with Crippen LogP contribution in [0.1, 0.15) is 15.9 Å². The number of aliphatic hydroxyl groups is 1. The number of anilines is 3. The number of halogens is 2. The Kier molecular flexibility index (Phi) is 7.61. The molecule has 1 unspecified atom stereocenters. The van der Waals surface area contributed by atoms with Crippen LogP contribution >= 0.6 is 11.3 Å². The Morgan fingerprint density at radius 2 is 1.94 bits per heavy atom. The molecule has 238 valence electrons. The van der Waals surface area contributed by atoms with Crippen molar-refractivity contribution in [2.45, 2.75) is 12.1 Å². The predicted molar refractivity (Wildman–Crippen MR) is 171 cm³/mol. The number of nitrogens with two attached hydrogens (primary N) is 1. The molecule has 0 saturated heterocycles. The minimum atomic E-state index is -2.06. The zero-order valence-electron chi connectivity index (χ0n) is 24.5. The number of benzene rings is 3. The van der Waals surface area contributed by atoms with E-state index in [1.165, 1.54) is 27.3 Å². The van der Waals surface area contributed by atoms with Gasteiger partial charge in [-0.2, -0.15) is 5.10 Å². The molecular formula is C32H26F2N8O4S. The monoisotopic (exact) mass is 656 g/mol. The number of carbonyl (C=O) groups is 1. The molecule has 4 heterocycles. The van der Waals surface area contributed by atoms with Crippen molar-refractivity contribution in [1.82, 2.24) is 29.6 Å². The highest BCUT2D eigenvalue weighted by molar-refractivity contribution is 7.17. The summed E-state index contributed by atoms with van der Waals surface area (Å²) in [5.41, 5.74) is 5.45. The minimum Gasteiger partial charge on any atom is -0.490 e. The van der Waals surface area contributed by atoms with Gasteiger partial charge in [-0.3, -0.25) is 14.2 Å². The number of rotatable bonds is 8. The number of carbonyl (C=O) groups excluding carboxylic acids is 1. The molecule has 0 spiro atoms. The van der Waals surface area contributed by atoms with Crippen molar-refractivity contribution in [3.63, 3.8) is 0 Å². The van der Waals surface area contributed by atoms with E-state index in [0.29, 0.717) is 35.5 Å². The van der Waals surface area contributed by atoms with Crippen LogP contribution in [0.2, 0.25) is 0 Å². The largest absolute Gasteiger partial charge is 0.490 e. The van der Waals surface area contributed by atoms with Crippen LogP contribution in [-0.4, -0.2) is 55.0 Å². The average Bonchev–Trinajstić information content (AvgIpc) is 3.74. The summed E-state index contributed by atoms with van der Waals surface area (Å²) in [5.74, 6) is -2.14. The number of amides is 1. The summed E-state index contributed by atoms with van der Waals surface area (Å²) >= 11 is 1.10. The molecule has 0 fully saturated rings. The van der Waals surface area contributed by atoms with Crippen molar-refractivity contribution >= 4 is 44.8 Å². The lowest BCUT2D eigenvalue weighted by Crippen LogP contribution is -2.44. The van der Waals surface area contributed by atoms with Crippen molar-refractivity contribution in [3.8, 4) is 11.4 Å². The Hall–Kier alpha value is -5.67. The van der Waals surface area contributed by atoms with Gasteiger partial charge in [-0.25, -0.2) is 23.4 Å². The first-order valence-electron chi connectivity index (χ1n) is 14.4. The maximum Gasteiger partial charge on any atom is 0.298 e. The standard InChI is InChI=1S/C32H26F2N8O4S/c33-19-6-8-23(24(34)12-19)32(45,16-40-18-36-17-38-40)15-37-29(43)22-14-47-30-27(22)42(31(44)28(35)39-30)21-7-9-26-25(13-21)41(10-11-46-26)20-4-2-1-3-5-20/h1-9,12-14,17-18,45H,10-11,15-16H2,(H2,35,39)(H,37,43). The molecule has 7 rings (SSSR count). The van der Waals surface area contributed by atoms with E-state index >= 15 is 0 Å². The first-order valence-corrected chi connectivity index (χ1v) is 15.3. The summed E-state index contributed by atoms with van der Waals surface area (Å²) in [7, 11) is 0. The van der Waals surface area contributed by atoms with Crippen LogP contribution in [0.15, 0.2) is 89.6 Å². The van der Waals surface area contributed by atoms with Crippen LogP contribution < -0.4 is 26.2 Å². The first kappa shape index (κ1) is 30.0. The quantitative estimate of drug-likeness (QED) is 0.222. The summed E-state index contributed by atoms with van der Waals surface area (Å²) in [6.07, 6.45) is 2.55. The molecule has 0 radical (unpaired) electrons. The Bertz CT molecular complexity index is 2170. The second-order valence-electron chi connectivity index (χ2n) is 10.9. The number of nitrogens with one attached hydrogen (secondary N) is 1. The lowest BCUT2D eigenvalue weighted by Gasteiger charge is -2.31. The number of ether oxygens (including phenoxy) is 1. The third-order valence-electron chi connectivity index (χ3n) is 7.85. The number of thiophene rings is 1. The fraction of sp³-hybridized carbons (Fsp3) is 0.156. The van der Waals surface area contributed by atoms with Gasteiger partial charge in [0, 0.05) is 22.7 Å². The molecule has 4 N–H and O–H groups in total.